The number of aryl methyl sites for hydroxylation is 1. The van der Waals surface area contributed by atoms with Crippen molar-refractivity contribution < 1.29 is 23.5 Å². The Balaban J connectivity index is 1.98. The number of aldehydes is 1. The van der Waals surface area contributed by atoms with Crippen molar-refractivity contribution in [3.63, 3.8) is 0 Å². The zero-order chi connectivity index (χ0) is 20.0. The molecule has 6 heteroatoms. The topological polar surface area (TPSA) is 64.6 Å². The summed E-state index contributed by atoms with van der Waals surface area (Å²) >= 11 is 0. The first-order valence-corrected chi connectivity index (χ1v) is 8.61. The standard InChI is InChI=1S/C21H24FNO4/c1-14-8-9-18(19(22)17(14)12-24)26-13-16-7-5-6-15(10-16)11-23-20(25)27-21(2,3)4/h5-10,12H,11,13H2,1-4H3,(H,23,25). The molecule has 0 aliphatic rings. The van der Waals surface area contributed by atoms with Gasteiger partial charge in [-0.2, -0.15) is 0 Å². The number of alkyl carbamates (subject to hydrolysis) is 1. The van der Waals surface area contributed by atoms with Crippen LogP contribution in [0.25, 0.3) is 0 Å². The molecule has 0 fully saturated rings. The van der Waals surface area contributed by atoms with Crippen LogP contribution < -0.4 is 10.1 Å². The molecule has 0 aliphatic heterocycles. The second kappa shape index (κ2) is 8.66. The highest BCUT2D eigenvalue weighted by molar-refractivity contribution is 5.78. The van der Waals surface area contributed by atoms with Crippen LogP contribution in [0.2, 0.25) is 0 Å². The zero-order valence-electron chi connectivity index (χ0n) is 16.0. The molecule has 0 saturated carbocycles. The number of carbonyl (C=O) groups excluding carboxylic acids is 2. The summed E-state index contributed by atoms with van der Waals surface area (Å²) in [7, 11) is 0. The quantitative estimate of drug-likeness (QED) is 0.755. The van der Waals surface area contributed by atoms with E-state index in [0.29, 0.717) is 18.4 Å². The van der Waals surface area contributed by atoms with Crippen molar-refractivity contribution in [3.05, 3.63) is 64.5 Å². The summed E-state index contributed by atoms with van der Waals surface area (Å²) in [6.45, 7) is 7.49. The van der Waals surface area contributed by atoms with Crippen LogP contribution in [0.4, 0.5) is 9.18 Å². The van der Waals surface area contributed by atoms with Gasteiger partial charge in [-0.05, 0) is 50.5 Å². The molecular formula is C21H24FNO4. The van der Waals surface area contributed by atoms with E-state index in [1.807, 2.05) is 24.3 Å². The highest BCUT2D eigenvalue weighted by Crippen LogP contribution is 2.23. The van der Waals surface area contributed by atoms with Gasteiger partial charge in [0.2, 0.25) is 0 Å². The Morgan fingerprint density at radius 1 is 1.19 bits per heavy atom. The Labute approximate surface area is 158 Å². The van der Waals surface area contributed by atoms with Crippen molar-refractivity contribution >= 4 is 12.4 Å². The molecule has 144 valence electrons. The maximum absolute atomic E-state index is 14.2. The smallest absolute Gasteiger partial charge is 0.407 e. The Kier molecular flexibility index (Phi) is 6.55. The molecule has 0 bridgehead atoms. The Morgan fingerprint density at radius 2 is 1.89 bits per heavy atom. The average Bonchev–Trinajstić information content (AvgIpc) is 2.59. The van der Waals surface area contributed by atoms with E-state index in [9.17, 15) is 14.0 Å². The fourth-order valence-corrected chi connectivity index (χ4v) is 2.40. The zero-order valence-corrected chi connectivity index (χ0v) is 16.0. The number of hydrogen-bond donors (Lipinski definition) is 1. The molecule has 0 unspecified atom stereocenters. The Morgan fingerprint density at radius 3 is 2.56 bits per heavy atom. The molecule has 1 amide bonds. The van der Waals surface area contributed by atoms with Crippen LogP contribution in [0.5, 0.6) is 5.75 Å². The van der Waals surface area contributed by atoms with Crippen molar-refractivity contribution in [3.8, 4) is 5.75 Å². The van der Waals surface area contributed by atoms with Crippen LogP contribution in [0.15, 0.2) is 36.4 Å². The van der Waals surface area contributed by atoms with Crippen molar-refractivity contribution in [2.75, 3.05) is 0 Å². The predicted octanol–water partition coefficient (Wildman–Crippen LogP) is 4.55. The highest BCUT2D eigenvalue weighted by Gasteiger charge is 2.16. The average molecular weight is 373 g/mol. The summed E-state index contributed by atoms with van der Waals surface area (Å²) in [5.74, 6) is -0.632. The second-order valence-electron chi connectivity index (χ2n) is 7.19. The van der Waals surface area contributed by atoms with Gasteiger partial charge in [0.25, 0.3) is 0 Å². The van der Waals surface area contributed by atoms with E-state index in [-0.39, 0.29) is 17.9 Å². The van der Waals surface area contributed by atoms with Gasteiger partial charge in [0.15, 0.2) is 17.9 Å². The van der Waals surface area contributed by atoms with Gasteiger partial charge >= 0.3 is 6.09 Å². The summed E-state index contributed by atoms with van der Waals surface area (Å²) in [6.07, 6.45) is -0.00667. The molecule has 2 aromatic carbocycles. The molecule has 0 saturated heterocycles. The first-order chi connectivity index (χ1) is 12.7. The van der Waals surface area contributed by atoms with Crippen LogP contribution in [-0.2, 0) is 17.9 Å². The molecule has 0 aromatic heterocycles. The summed E-state index contributed by atoms with van der Waals surface area (Å²) in [5.41, 5.74) is 1.68. The summed E-state index contributed by atoms with van der Waals surface area (Å²) in [4.78, 5) is 22.7. The van der Waals surface area contributed by atoms with Gasteiger partial charge in [-0.1, -0.05) is 30.3 Å². The molecule has 27 heavy (non-hydrogen) atoms. The number of rotatable bonds is 6. The number of amides is 1. The third-order valence-corrected chi connectivity index (χ3v) is 3.70. The fraction of sp³-hybridized carbons (Fsp3) is 0.333. The molecule has 2 rings (SSSR count). The minimum absolute atomic E-state index is 0.00260. The lowest BCUT2D eigenvalue weighted by molar-refractivity contribution is 0.0523. The fourth-order valence-electron chi connectivity index (χ4n) is 2.40. The third kappa shape index (κ3) is 6.09. The van der Waals surface area contributed by atoms with Gasteiger partial charge in [0, 0.05) is 6.54 Å². The number of carbonyl (C=O) groups is 2. The molecule has 0 atom stereocenters. The Hall–Kier alpha value is -2.89. The number of halogens is 1. The molecule has 1 N–H and O–H groups in total. The number of nitrogens with one attached hydrogen (secondary N) is 1. The van der Waals surface area contributed by atoms with Gasteiger partial charge in [-0.15, -0.1) is 0 Å². The van der Waals surface area contributed by atoms with E-state index in [4.69, 9.17) is 9.47 Å². The maximum Gasteiger partial charge on any atom is 0.407 e. The van der Waals surface area contributed by atoms with E-state index in [1.165, 1.54) is 6.07 Å². The number of ether oxygens (including phenoxy) is 2. The van der Waals surface area contributed by atoms with Crippen LogP contribution in [-0.4, -0.2) is 18.0 Å². The molecule has 0 radical (unpaired) electrons. The molecule has 0 spiro atoms. The summed E-state index contributed by atoms with van der Waals surface area (Å²) in [5, 5.41) is 2.69. The van der Waals surface area contributed by atoms with E-state index < -0.39 is 17.5 Å². The van der Waals surface area contributed by atoms with Crippen molar-refractivity contribution in [2.24, 2.45) is 0 Å². The van der Waals surface area contributed by atoms with Crippen LogP contribution >= 0.6 is 0 Å². The normalized spacial score (nSPS) is 11.0. The van der Waals surface area contributed by atoms with Gasteiger partial charge in [-0.25, -0.2) is 9.18 Å². The largest absolute Gasteiger partial charge is 0.486 e. The lowest BCUT2D eigenvalue weighted by atomic mass is 10.1. The van der Waals surface area contributed by atoms with Gasteiger partial charge in [0.1, 0.15) is 12.2 Å². The Bertz CT molecular complexity index is 827. The third-order valence-electron chi connectivity index (χ3n) is 3.70. The first-order valence-electron chi connectivity index (χ1n) is 8.61. The van der Waals surface area contributed by atoms with Gasteiger partial charge < -0.3 is 14.8 Å². The molecule has 0 heterocycles. The van der Waals surface area contributed by atoms with Crippen molar-refractivity contribution in [1.82, 2.24) is 5.32 Å². The molecule has 0 aliphatic carbocycles. The predicted molar refractivity (Wildman–Crippen MR) is 100 cm³/mol. The summed E-state index contributed by atoms with van der Waals surface area (Å²) in [6, 6.07) is 10.5. The van der Waals surface area contributed by atoms with Gasteiger partial charge in [0.05, 0.1) is 5.56 Å². The lowest BCUT2D eigenvalue weighted by Gasteiger charge is -2.19. The van der Waals surface area contributed by atoms with Crippen LogP contribution in [0, 0.1) is 12.7 Å². The summed E-state index contributed by atoms with van der Waals surface area (Å²) < 4.78 is 25.0. The molecule has 2 aromatic rings. The van der Waals surface area contributed by atoms with E-state index in [0.717, 1.165) is 11.1 Å². The lowest BCUT2D eigenvalue weighted by Crippen LogP contribution is -2.32. The first kappa shape index (κ1) is 20.4. The van der Waals surface area contributed by atoms with E-state index in [2.05, 4.69) is 5.32 Å². The van der Waals surface area contributed by atoms with Crippen molar-refractivity contribution in [1.29, 1.82) is 0 Å². The SMILES string of the molecule is Cc1ccc(OCc2cccc(CNC(=O)OC(C)(C)C)c2)c(F)c1C=O. The minimum Gasteiger partial charge on any atom is -0.486 e. The maximum atomic E-state index is 14.2. The molecule has 5 nitrogen and oxygen atoms in total. The van der Waals surface area contributed by atoms with E-state index in [1.54, 1.807) is 33.8 Å². The number of benzene rings is 2. The van der Waals surface area contributed by atoms with Crippen molar-refractivity contribution in [2.45, 2.75) is 46.4 Å². The van der Waals surface area contributed by atoms with E-state index >= 15 is 0 Å². The number of hydrogen-bond acceptors (Lipinski definition) is 4. The van der Waals surface area contributed by atoms with Crippen LogP contribution in [0.1, 0.15) is 47.8 Å². The monoisotopic (exact) mass is 373 g/mol. The highest BCUT2D eigenvalue weighted by atomic mass is 19.1. The van der Waals surface area contributed by atoms with Gasteiger partial charge in [-0.3, -0.25) is 4.79 Å². The van der Waals surface area contributed by atoms with Crippen LogP contribution in [0.3, 0.4) is 0 Å². The second-order valence-corrected chi connectivity index (χ2v) is 7.19. The minimum atomic E-state index is -0.659. The molecular weight excluding hydrogens is 349 g/mol.